The van der Waals surface area contributed by atoms with Crippen LogP contribution in [0.15, 0.2) is 75.7 Å². The fourth-order valence-electron chi connectivity index (χ4n) is 3.04. The van der Waals surface area contributed by atoms with Crippen molar-refractivity contribution in [1.29, 1.82) is 0 Å². The number of hydrogen-bond donors (Lipinski definition) is 0. The Balaban J connectivity index is 1.80. The van der Waals surface area contributed by atoms with Crippen molar-refractivity contribution in [3.8, 4) is 11.5 Å². The molecular formula is C25H24Br2O3. The zero-order chi connectivity index (χ0) is 21.7. The lowest BCUT2D eigenvalue weighted by atomic mass is 9.86. The first kappa shape index (κ1) is 22.6. The van der Waals surface area contributed by atoms with Crippen LogP contribution >= 0.6 is 31.9 Å². The van der Waals surface area contributed by atoms with Crippen LogP contribution < -0.4 is 9.47 Å². The molecule has 0 unspecified atom stereocenters. The average molecular weight is 532 g/mol. The first-order valence-electron chi connectivity index (χ1n) is 9.72. The summed E-state index contributed by atoms with van der Waals surface area (Å²) in [5.41, 5.74) is 2.35. The van der Waals surface area contributed by atoms with Crippen LogP contribution in [-0.4, -0.2) is 12.6 Å². The summed E-state index contributed by atoms with van der Waals surface area (Å²) in [6, 6.07) is 21.2. The molecule has 0 aliphatic rings. The van der Waals surface area contributed by atoms with Gasteiger partial charge in [0.25, 0.3) is 0 Å². The maximum atomic E-state index is 13.0. The Kier molecular flexibility index (Phi) is 7.37. The molecule has 0 fully saturated rings. The second-order valence-electron chi connectivity index (χ2n) is 8.00. The van der Waals surface area contributed by atoms with Gasteiger partial charge in [0.05, 0.1) is 6.61 Å². The van der Waals surface area contributed by atoms with Crippen molar-refractivity contribution in [2.45, 2.75) is 32.6 Å². The van der Waals surface area contributed by atoms with Gasteiger partial charge in [0, 0.05) is 20.9 Å². The number of esters is 1. The number of hydrogen-bond acceptors (Lipinski definition) is 3. The molecule has 0 saturated heterocycles. The molecule has 0 amide bonds. The summed E-state index contributed by atoms with van der Waals surface area (Å²) < 4.78 is 13.5. The quantitative estimate of drug-likeness (QED) is 0.246. The molecule has 0 aromatic heterocycles. The summed E-state index contributed by atoms with van der Waals surface area (Å²) in [5, 5.41) is 0. The Morgan fingerprint density at radius 1 is 0.867 bits per heavy atom. The van der Waals surface area contributed by atoms with E-state index in [9.17, 15) is 4.79 Å². The van der Waals surface area contributed by atoms with E-state index in [1.165, 1.54) is 5.56 Å². The summed E-state index contributed by atoms with van der Waals surface area (Å²) >= 11 is 6.94. The third-order valence-electron chi connectivity index (χ3n) is 4.60. The number of carbonyl (C=O) groups excluding carboxylic acids is 1. The first-order chi connectivity index (χ1) is 14.2. The van der Waals surface area contributed by atoms with Gasteiger partial charge in [-0.1, -0.05) is 83.0 Å². The van der Waals surface area contributed by atoms with Gasteiger partial charge in [-0.25, -0.2) is 4.79 Å². The molecule has 0 bridgehead atoms. The molecule has 0 spiro atoms. The van der Waals surface area contributed by atoms with E-state index in [1.807, 2.05) is 42.5 Å². The molecule has 3 aromatic carbocycles. The predicted molar refractivity (Wildman–Crippen MR) is 128 cm³/mol. The van der Waals surface area contributed by atoms with Crippen molar-refractivity contribution >= 4 is 37.8 Å². The second-order valence-corrected chi connectivity index (χ2v) is 9.84. The Morgan fingerprint density at radius 3 is 2.17 bits per heavy atom. The fraction of sp³-hybridized carbons (Fsp3) is 0.240. The van der Waals surface area contributed by atoms with Crippen molar-refractivity contribution in [3.63, 3.8) is 0 Å². The number of ether oxygens (including phenoxy) is 2. The van der Waals surface area contributed by atoms with E-state index in [0.717, 1.165) is 20.9 Å². The van der Waals surface area contributed by atoms with Crippen LogP contribution in [0.25, 0.3) is 0 Å². The summed E-state index contributed by atoms with van der Waals surface area (Å²) in [6.07, 6.45) is 0.756. The molecular weight excluding hydrogens is 508 g/mol. The molecule has 0 aliphatic heterocycles. The maximum absolute atomic E-state index is 13.0. The Labute approximate surface area is 194 Å². The molecule has 0 heterocycles. The molecule has 0 aliphatic carbocycles. The van der Waals surface area contributed by atoms with Crippen LogP contribution in [0, 0.1) is 0 Å². The highest BCUT2D eigenvalue weighted by Crippen LogP contribution is 2.35. The lowest BCUT2D eigenvalue weighted by Gasteiger charge is -2.22. The third-order valence-corrected chi connectivity index (χ3v) is 5.59. The van der Waals surface area contributed by atoms with Gasteiger partial charge < -0.3 is 9.47 Å². The van der Waals surface area contributed by atoms with Gasteiger partial charge in [-0.2, -0.15) is 0 Å². The van der Waals surface area contributed by atoms with Gasteiger partial charge in [-0.05, 0) is 47.4 Å². The highest BCUT2D eigenvalue weighted by Gasteiger charge is 2.23. The largest absolute Gasteiger partial charge is 0.492 e. The normalized spacial score (nSPS) is 11.2. The zero-order valence-electron chi connectivity index (χ0n) is 17.2. The highest BCUT2D eigenvalue weighted by atomic mass is 79.9. The molecule has 30 heavy (non-hydrogen) atoms. The number of halogens is 2. The topological polar surface area (TPSA) is 35.5 Å². The maximum Gasteiger partial charge on any atom is 0.347 e. The molecule has 0 N–H and O–H groups in total. The van der Waals surface area contributed by atoms with Gasteiger partial charge in [0.1, 0.15) is 17.1 Å². The molecule has 156 valence electrons. The van der Waals surface area contributed by atoms with Gasteiger partial charge in [-0.3, -0.25) is 0 Å². The van der Waals surface area contributed by atoms with Crippen LogP contribution in [-0.2, 0) is 11.8 Å². The smallest absolute Gasteiger partial charge is 0.347 e. The van der Waals surface area contributed by atoms with Crippen molar-refractivity contribution in [2.75, 3.05) is 6.61 Å². The summed E-state index contributed by atoms with van der Waals surface area (Å²) in [7, 11) is 0. The second kappa shape index (κ2) is 9.80. The van der Waals surface area contributed by atoms with E-state index in [-0.39, 0.29) is 5.41 Å². The van der Waals surface area contributed by atoms with Crippen LogP contribution in [0.3, 0.4) is 0 Å². The van der Waals surface area contributed by atoms with Crippen LogP contribution in [0.4, 0.5) is 0 Å². The van der Waals surface area contributed by atoms with E-state index in [1.54, 1.807) is 12.1 Å². The third kappa shape index (κ3) is 5.96. The van der Waals surface area contributed by atoms with E-state index in [0.29, 0.717) is 23.7 Å². The molecule has 3 rings (SSSR count). The van der Waals surface area contributed by atoms with E-state index in [4.69, 9.17) is 9.47 Å². The van der Waals surface area contributed by atoms with Gasteiger partial charge in [-0.15, -0.1) is 0 Å². The zero-order valence-corrected chi connectivity index (χ0v) is 20.4. The molecule has 3 nitrogen and oxygen atoms in total. The van der Waals surface area contributed by atoms with E-state index >= 15 is 0 Å². The van der Waals surface area contributed by atoms with E-state index < -0.39 is 5.97 Å². The SMILES string of the molecule is CC(C)(C)c1cc(Br)ccc1OC(=O)c1cc(Br)ccc1OCCc1ccccc1. The van der Waals surface area contributed by atoms with Crippen LogP contribution in [0.5, 0.6) is 11.5 Å². The summed E-state index contributed by atoms with van der Waals surface area (Å²) in [5.74, 6) is 0.610. The van der Waals surface area contributed by atoms with Crippen LogP contribution in [0.1, 0.15) is 42.3 Å². The number of benzene rings is 3. The fourth-order valence-corrected chi connectivity index (χ4v) is 3.77. The number of rotatable bonds is 6. The molecule has 3 aromatic rings. The minimum atomic E-state index is -0.446. The van der Waals surface area contributed by atoms with Gasteiger partial charge in [0.2, 0.25) is 0 Å². The lowest BCUT2D eigenvalue weighted by Crippen LogP contribution is -2.17. The molecule has 0 atom stereocenters. The predicted octanol–water partition coefficient (Wildman–Crippen LogP) is 7.35. The van der Waals surface area contributed by atoms with Crippen molar-refractivity contribution in [2.24, 2.45) is 0 Å². The summed E-state index contributed by atoms with van der Waals surface area (Å²) in [6.45, 7) is 6.73. The number of carbonyl (C=O) groups is 1. The Hall–Kier alpha value is -2.11. The van der Waals surface area contributed by atoms with Gasteiger partial charge in [0.15, 0.2) is 0 Å². The van der Waals surface area contributed by atoms with Crippen molar-refractivity contribution in [1.82, 2.24) is 0 Å². The molecule has 0 saturated carbocycles. The first-order valence-corrected chi connectivity index (χ1v) is 11.3. The molecule has 5 heteroatoms. The van der Waals surface area contributed by atoms with Crippen LogP contribution in [0.2, 0.25) is 0 Å². The Morgan fingerprint density at radius 2 is 1.50 bits per heavy atom. The summed E-state index contributed by atoms with van der Waals surface area (Å²) in [4.78, 5) is 13.0. The minimum absolute atomic E-state index is 0.175. The van der Waals surface area contributed by atoms with Crippen molar-refractivity contribution < 1.29 is 14.3 Å². The Bertz CT molecular complexity index is 1020. The van der Waals surface area contributed by atoms with Crippen molar-refractivity contribution in [3.05, 3.63) is 92.4 Å². The van der Waals surface area contributed by atoms with E-state index in [2.05, 4.69) is 64.8 Å². The highest BCUT2D eigenvalue weighted by molar-refractivity contribution is 9.10. The van der Waals surface area contributed by atoms with Gasteiger partial charge >= 0.3 is 5.97 Å². The minimum Gasteiger partial charge on any atom is -0.492 e. The average Bonchev–Trinajstić information content (AvgIpc) is 2.70. The molecule has 0 radical (unpaired) electrons. The monoisotopic (exact) mass is 530 g/mol. The standard InChI is InChI=1S/C25H24Br2O3/c1-25(2,3)21-16-19(27)10-12-23(21)30-24(28)20-15-18(26)9-11-22(20)29-14-13-17-7-5-4-6-8-17/h4-12,15-16H,13-14H2,1-3H3. The lowest BCUT2D eigenvalue weighted by molar-refractivity contribution is 0.0727.